The summed E-state index contributed by atoms with van der Waals surface area (Å²) in [6, 6.07) is -0.233. The number of aromatic amines is 1. The number of rotatable bonds is 5. The molecule has 1 unspecified atom stereocenters. The van der Waals surface area contributed by atoms with Gasteiger partial charge in [0.25, 0.3) is 5.91 Å². The van der Waals surface area contributed by atoms with E-state index in [9.17, 15) is 18.0 Å². The van der Waals surface area contributed by atoms with Gasteiger partial charge in [-0.25, -0.2) is 15.0 Å². The second kappa shape index (κ2) is 9.71. The molecule has 37 heavy (non-hydrogen) atoms. The Kier molecular flexibility index (Phi) is 6.73. The molecule has 1 fully saturated rings. The van der Waals surface area contributed by atoms with Crippen molar-refractivity contribution in [1.82, 2.24) is 30.2 Å². The lowest BCUT2D eigenvalue weighted by Crippen LogP contribution is -2.50. The third kappa shape index (κ3) is 5.22. The summed E-state index contributed by atoms with van der Waals surface area (Å²) in [6.07, 6.45) is 2.18. The third-order valence-corrected chi connectivity index (χ3v) is 8.14. The third-order valence-electron chi connectivity index (χ3n) is 7.19. The summed E-state index contributed by atoms with van der Waals surface area (Å²) in [5, 5.41) is 9.30. The van der Waals surface area contributed by atoms with Crippen molar-refractivity contribution in [2.75, 3.05) is 18.4 Å². The Hall–Kier alpha value is -2.99. The number of amides is 1. The van der Waals surface area contributed by atoms with Crippen LogP contribution in [0, 0.1) is 0 Å². The Labute approximate surface area is 217 Å². The predicted octanol–water partition coefficient (Wildman–Crippen LogP) is 5.04. The van der Waals surface area contributed by atoms with E-state index in [0.29, 0.717) is 37.2 Å². The fourth-order valence-electron chi connectivity index (χ4n) is 5.02. The number of nitrogens with zero attached hydrogens (tertiary/aromatic N) is 4. The standard InChI is InChI=1S/C25H30F3N7OS/c1-14(21-29-8-10-37-21)35-9-4-5-16-17(12-30-20(16)22(35)36)19-18(25(26,27)28)13-31-23(34-19)33-15-6-7-24(2,3)32-11-15/h8,10,12-15,30,32H,4-7,9,11H2,1-3H3,(H,31,33,34)/t14?,15-/m0/s1. The molecule has 1 saturated heterocycles. The number of fused-ring (bicyclic) bond motifs is 1. The molecule has 2 aliphatic rings. The summed E-state index contributed by atoms with van der Waals surface area (Å²) in [7, 11) is 0. The Bertz CT molecular complexity index is 1260. The second-order valence-electron chi connectivity index (χ2n) is 10.3. The van der Waals surface area contributed by atoms with Crippen LogP contribution in [0.1, 0.15) is 72.7 Å². The number of hydrogen-bond acceptors (Lipinski definition) is 7. The number of alkyl halides is 3. The molecule has 198 valence electrons. The summed E-state index contributed by atoms with van der Waals surface area (Å²) in [6.45, 7) is 7.29. The van der Waals surface area contributed by atoms with Crippen LogP contribution in [0.15, 0.2) is 24.0 Å². The second-order valence-corrected chi connectivity index (χ2v) is 11.2. The van der Waals surface area contributed by atoms with Crippen molar-refractivity contribution in [1.29, 1.82) is 0 Å². The number of H-pyrrole nitrogens is 1. The number of carbonyl (C=O) groups excluding carboxylic acids is 1. The lowest BCUT2D eigenvalue weighted by molar-refractivity contribution is -0.137. The molecule has 0 saturated carbocycles. The van der Waals surface area contributed by atoms with E-state index < -0.39 is 11.7 Å². The van der Waals surface area contributed by atoms with Crippen molar-refractivity contribution in [3.8, 4) is 11.3 Å². The van der Waals surface area contributed by atoms with Crippen LogP contribution in [-0.4, -0.2) is 55.4 Å². The zero-order valence-electron chi connectivity index (χ0n) is 20.9. The highest BCUT2D eigenvalue weighted by Gasteiger charge is 2.38. The van der Waals surface area contributed by atoms with Crippen molar-refractivity contribution in [3.05, 3.63) is 45.8 Å². The summed E-state index contributed by atoms with van der Waals surface area (Å²) in [5.74, 6) is -0.110. The molecule has 1 amide bonds. The van der Waals surface area contributed by atoms with Gasteiger partial charge in [-0.15, -0.1) is 11.3 Å². The molecule has 0 radical (unpaired) electrons. The highest BCUT2D eigenvalue weighted by molar-refractivity contribution is 7.09. The van der Waals surface area contributed by atoms with Crippen molar-refractivity contribution in [3.63, 3.8) is 0 Å². The first-order valence-corrected chi connectivity index (χ1v) is 13.3. The number of aromatic nitrogens is 4. The fourth-order valence-corrected chi connectivity index (χ4v) is 5.73. The molecule has 2 atom stereocenters. The predicted molar refractivity (Wildman–Crippen MR) is 135 cm³/mol. The van der Waals surface area contributed by atoms with Crippen LogP contribution in [0.3, 0.4) is 0 Å². The van der Waals surface area contributed by atoms with Crippen molar-refractivity contribution in [2.45, 2.75) is 70.3 Å². The monoisotopic (exact) mass is 533 g/mol. The normalized spacial score (nSPS) is 20.9. The summed E-state index contributed by atoms with van der Waals surface area (Å²) >= 11 is 1.47. The molecule has 3 N–H and O–H groups in total. The molecule has 3 aromatic heterocycles. The molecule has 2 aliphatic heterocycles. The van der Waals surface area contributed by atoms with E-state index in [2.05, 4.69) is 44.4 Å². The number of halogens is 3. The molecular weight excluding hydrogens is 503 g/mol. The Morgan fingerprint density at radius 3 is 2.78 bits per heavy atom. The van der Waals surface area contributed by atoms with Crippen molar-refractivity contribution in [2.24, 2.45) is 0 Å². The number of carbonyl (C=O) groups is 1. The number of piperidine rings is 1. The molecule has 5 heterocycles. The quantitative estimate of drug-likeness (QED) is 0.425. The van der Waals surface area contributed by atoms with Gasteiger partial charge < -0.3 is 20.5 Å². The number of nitrogens with one attached hydrogen (secondary N) is 3. The minimum atomic E-state index is -4.64. The van der Waals surface area contributed by atoms with E-state index in [1.54, 1.807) is 11.1 Å². The molecule has 0 spiro atoms. The zero-order chi connectivity index (χ0) is 26.4. The summed E-state index contributed by atoms with van der Waals surface area (Å²) in [4.78, 5) is 30.8. The maximum absolute atomic E-state index is 14.0. The van der Waals surface area contributed by atoms with Gasteiger partial charge in [-0.3, -0.25) is 4.79 Å². The van der Waals surface area contributed by atoms with Gasteiger partial charge >= 0.3 is 6.18 Å². The number of thiazole rings is 1. The van der Waals surface area contributed by atoms with Crippen LogP contribution in [0.2, 0.25) is 0 Å². The molecule has 0 aliphatic carbocycles. The molecule has 8 nitrogen and oxygen atoms in total. The smallest absolute Gasteiger partial charge is 0.356 e. The minimum absolute atomic E-state index is 0.00318. The maximum atomic E-state index is 14.0. The van der Waals surface area contributed by atoms with Gasteiger partial charge in [0, 0.05) is 54.2 Å². The van der Waals surface area contributed by atoms with Crippen LogP contribution < -0.4 is 10.6 Å². The number of anilines is 1. The van der Waals surface area contributed by atoms with Crippen molar-refractivity contribution >= 4 is 23.2 Å². The first kappa shape index (κ1) is 25.7. The molecule has 0 aromatic carbocycles. The zero-order valence-corrected chi connectivity index (χ0v) is 21.8. The van der Waals surface area contributed by atoms with E-state index >= 15 is 0 Å². The van der Waals surface area contributed by atoms with E-state index in [4.69, 9.17) is 0 Å². The van der Waals surface area contributed by atoms with Gasteiger partial charge in [-0.2, -0.15) is 13.2 Å². The Balaban J connectivity index is 1.48. The van der Waals surface area contributed by atoms with E-state index in [-0.39, 0.29) is 40.7 Å². The average molecular weight is 534 g/mol. The Morgan fingerprint density at radius 2 is 2.11 bits per heavy atom. The molecule has 5 rings (SSSR count). The van der Waals surface area contributed by atoms with Crippen LogP contribution in [-0.2, 0) is 12.6 Å². The van der Waals surface area contributed by atoms with Crippen LogP contribution >= 0.6 is 11.3 Å². The highest BCUT2D eigenvalue weighted by Crippen LogP contribution is 2.39. The first-order chi connectivity index (χ1) is 17.5. The number of hydrogen-bond donors (Lipinski definition) is 3. The van der Waals surface area contributed by atoms with E-state index in [1.807, 2.05) is 12.3 Å². The lowest BCUT2D eigenvalue weighted by atomic mass is 9.91. The van der Waals surface area contributed by atoms with Crippen molar-refractivity contribution < 1.29 is 18.0 Å². The molecule has 0 bridgehead atoms. The van der Waals surface area contributed by atoms with Gasteiger partial charge in [0.05, 0.1) is 11.7 Å². The molecular formula is C25H30F3N7OS. The average Bonchev–Trinajstić information content (AvgIpc) is 3.49. The fraction of sp³-hybridized carbons (Fsp3) is 0.520. The lowest BCUT2D eigenvalue weighted by Gasteiger charge is -2.36. The van der Waals surface area contributed by atoms with Crippen LogP contribution in [0.25, 0.3) is 11.3 Å². The van der Waals surface area contributed by atoms with Gasteiger partial charge in [0.1, 0.15) is 16.3 Å². The molecule has 12 heteroatoms. The Morgan fingerprint density at radius 1 is 1.30 bits per heavy atom. The topological polar surface area (TPSA) is 98.8 Å². The van der Waals surface area contributed by atoms with Gasteiger partial charge in [0.2, 0.25) is 5.95 Å². The van der Waals surface area contributed by atoms with Gasteiger partial charge in [-0.1, -0.05) is 0 Å². The van der Waals surface area contributed by atoms with Crippen LogP contribution in [0.4, 0.5) is 19.1 Å². The van der Waals surface area contributed by atoms with Crippen LogP contribution in [0.5, 0.6) is 0 Å². The van der Waals surface area contributed by atoms with Gasteiger partial charge in [0.15, 0.2) is 0 Å². The van der Waals surface area contributed by atoms with E-state index in [1.165, 1.54) is 17.5 Å². The maximum Gasteiger partial charge on any atom is 0.419 e. The van der Waals surface area contributed by atoms with Gasteiger partial charge in [-0.05, 0) is 52.0 Å². The highest BCUT2D eigenvalue weighted by atomic mass is 32.1. The minimum Gasteiger partial charge on any atom is -0.356 e. The largest absolute Gasteiger partial charge is 0.419 e. The summed E-state index contributed by atoms with van der Waals surface area (Å²) < 4.78 is 42.1. The SMILES string of the molecule is CC(c1nccs1)N1CCCc2c(-c3nc(N[C@H]4CCC(C)(C)NC4)ncc3C(F)(F)F)c[nH]c2C1=O. The molecule has 3 aromatic rings. The summed E-state index contributed by atoms with van der Waals surface area (Å²) in [5.41, 5.74) is 0.0110. The van der Waals surface area contributed by atoms with E-state index in [0.717, 1.165) is 24.0 Å². The first-order valence-electron chi connectivity index (χ1n) is 12.4.